The number of nitrogens with zero attached hydrogens (tertiary/aromatic N) is 2. The number of hydrogen-bond donors (Lipinski definition) is 3. The van der Waals surface area contributed by atoms with Crippen LogP contribution in [0.1, 0.15) is 5.56 Å². The summed E-state index contributed by atoms with van der Waals surface area (Å²) in [5, 5.41) is 10.7. The van der Waals surface area contributed by atoms with Crippen LogP contribution in [0.5, 0.6) is 0 Å². The van der Waals surface area contributed by atoms with Crippen LogP contribution in [0.2, 0.25) is 0 Å². The molecular formula is C9H7N5OS. The number of nitrogens with two attached hydrogens (primary N) is 1. The fourth-order valence-electron chi connectivity index (χ4n) is 1.24. The molecule has 7 heteroatoms. The van der Waals surface area contributed by atoms with E-state index in [4.69, 9.17) is 11.1 Å². The summed E-state index contributed by atoms with van der Waals surface area (Å²) >= 11 is 1.40. The number of anilines is 1. The average molecular weight is 233 g/mol. The molecule has 0 aliphatic rings. The fraction of sp³-hybridized carbons (Fsp3) is 0. The van der Waals surface area contributed by atoms with Gasteiger partial charge < -0.3 is 0 Å². The Balaban J connectivity index is 2.73. The number of thiophene rings is 1. The maximum absolute atomic E-state index is 11.5. The Morgan fingerprint density at radius 3 is 3.00 bits per heavy atom. The first-order chi connectivity index (χ1) is 7.76. The van der Waals surface area contributed by atoms with Crippen molar-refractivity contribution in [2.24, 2.45) is 5.84 Å². The molecule has 4 N–H and O–H groups in total. The molecule has 2 aromatic heterocycles. The predicted octanol–water partition coefficient (Wildman–Crippen LogP) is 0.656. The topological polar surface area (TPSA) is 108 Å². The Hall–Kier alpha value is -2.17. The number of nitrogens with one attached hydrogen (secondary N) is 2. The van der Waals surface area contributed by atoms with Crippen molar-refractivity contribution >= 4 is 17.3 Å². The highest BCUT2D eigenvalue weighted by molar-refractivity contribution is 7.13. The Kier molecular flexibility index (Phi) is 2.68. The van der Waals surface area contributed by atoms with Gasteiger partial charge in [-0.05, 0) is 11.4 Å². The summed E-state index contributed by atoms with van der Waals surface area (Å²) in [6, 6.07) is 5.44. The first kappa shape index (κ1) is 10.4. The summed E-state index contributed by atoms with van der Waals surface area (Å²) in [7, 11) is 0. The quantitative estimate of drug-likeness (QED) is 0.521. The van der Waals surface area contributed by atoms with Crippen molar-refractivity contribution in [2.75, 3.05) is 5.43 Å². The van der Waals surface area contributed by atoms with E-state index in [1.165, 1.54) is 11.3 Å². The maximum Gasteiger partial charge on any atom is 0.270 e. The number of aromatic amines is 1. The summed E-state index contributed by atoms with van der Waals surface area (Å²) in [6.07, 6.45) is 0. The van der Waals surface area contributed by atoms with Crippen LogP contribution in [0.15, 0.2) is 22.3 Å². The molecule has 0 aromatic carbocycles. The van der Waals surface area contributed by atoms with E-state index in [1.54, 1.807) is 6.07 Å². The number of aromatic nitrogens is 2. The van der Waals surface area contributed by atoms with E-state index in [2.05, 4.69) is 15.4 Å². The van der Waals surface area contributed by atoms with E-state index < -0.39 is 5.56 Å². The van der Waals surface area contributed by atoms with E-state index in [0.29, 0.717) is 5.69 Å². The zero-order valence-electron chi connectivity index (χ0n) is 8.02. The van der Waals surface area contributed by atoms with Crippen molar-refractivity contribution in [1.82, 2.24) is 9.97 Å². The van der Waals surface area contributed by atoms with Crippen LogP contribution in [0.4, 0.5) is 5.95 Å². The van der Waals surface area contributed by atoms with Gasteiger partial charge >= 0.3 is 0 Å². The molecule has 2 heterocycles. The third-order valence-electron chi connectivity index (χ3n) is 1.92. The van der Waals surface area contributed by atoms with E-state index in [9.17, 15) is 4.79 Å². The normalized spacial score (nSPS) is 9.75. The zero-order chi connectivity index (χ0) is 11.5. The Labute approximate surface area is 94.3 Å². The Bertz CT molecular complexity index is 595. The number of hydrazine groups is 1. The number of H-pyrrole nitrogens is 1. The van der Waals surface area contributed by atoms with Crippen LogP contribution in [0, 0.1) is 11.3 Å². The summed E-state index contributed by atoms with van der Waals surface area (Å²) in [5.74, 6) is 5.30. The highest BCUT2D eigenvalue weighted by atomic mass is 32.1. The van der Waals surface area contributed by atoms with Crippen LogP contribution >= 0.6 is 11.3 Å². The maximum atomic E-state index is 11.5. The van der Waals surface area contributed by atoms with Gasteiger partial charge in [0.2, 0.25) is 5.95 Å². The highest BCUT2D eigenvalue weighted by Gasteiger charge is 2.13. The molecule has 6 nitrogen and oxygen atoms in total. The molecule has 0 saturated heterocycles. The second-order valence-electron chi connectivity index (χ2n) is 2.87. The van der Waals surface area contributed by atoms with Crippen molar-refractivity contribution in [3.05, 3.63) is 33.4 Å². The molecule has 0 bridgehead atoms. The van der Waals surface area contributed by atoms with Gasteiger partial charge in [0, 0.05) is 0 Å². The van der Waals surface area contributed by atoms with Crippen molar-refractivity contribution in [3.63, 3.8) is 0 Å². The van der Waals surface area contributed by atoms with Gasteiger partial charge in [0.05, 0.1) is 4.88 Å². The second-order valence-corrected chi connectivity index (χ2v) is 3.82. The highest BCUT2D eigenvalue weighted by Crippen LogP contribution is 2.24. The van der Waals surface area contributed by atoms with Crippen LogP contribution in [0.3, 0.4) is 0 Å². The van der Waals surface area contributed by atoms with Gasteiger partial charge in [0.1, 0.15) is 17.3 Å². The predicted molar refractivity (Wildman–Crippen MR) is 60.7 cm³/mol. The third-order valence-corrected chi connectivity index (χ3v) is 2.80. The SMILES string of the molecule is N#Cc1c(-c2cccs2)nc(NN)[nH]c1=O. The van der Waals surface area contributed by atoms with E-state index in [1.807, 2.05) is 17.5 Å². The lowest BCUT2D eigenvalue weighted by atomic mass is 10.2. The minimum Gasteiger partial charge on any atom is -0.294 e. The molecule has 0 spiro atoms. The molecule has 0 amide bonds. The zero-order valence-corrected chi connectivity index (χ0v) is 8.84. The molecule has 80 valence electrons. The fourth-order valence-corrected chi connectivity index (χ4v) is 1.96. The molecule has 2 rings (SSSR count). The first-order valence-electron chi connectivity index (χ1n) is 4.31. The minimum absolute atomic E-state index is 0.0125. The van der Waals surface area contributed by atoms with Gasteiger partial charge in [-0.1, -0.05) is 6.07 Å². The van der Waals surface area contributed by atoms with Crippen LogP contribution in [-0.2, 0) is 0 Å². The number of rotatable bonds is 2. The second kappa shape index (κ2) is 4.14. The van der Waals surface area contributed by atoms with E-state index in [0.717, 1.165) is 4.88 Å². The lowest BCUT2D eigenvalue weighted by Gasteiger charge is -2.03. The number of nitrogen functional groups attached to an aromatic ring is 1. The molecule has 0 fully saturated rings. The molecule has 0 unspecified atom stereocenters. The van der Waals surface area contributed by atoms with Gasteiger partial charge in [0.25, 0.3) is 5.56 Å². The number of hydrogen-bond acceptors (Lipinski definition) is 6. The standard InChI is InChI=1S/C9H7N5OS/c10-4-5-7(6-2-1-3-16-6)12-9(14-11)13-8(5)15/h1-3H,11H2,(H2,12,13,14,15). The van der Waals surface area contributed by atoms with Gasteiger partial charge in [-0.3, -0.25) is 15.2 Å². The lowest BCUT2D eigenvalue weighted by molar-refractivity contribution is 1.08. The summed E-state index contributed by atoms with van der Waals surface area (Å²) in [6.45, 7) is 0. The number of nitriles is 1. The molecule has 0 atom stereocenters. The van der Waals surface area contributed by atoms with Crippen molar-refractivity contribution in [1.29, 1.82) is 5.26 Å². The summed E-state index contributed by atoms with van der Waals surface area (Å²) < 4.78 is 0. The van der Waals surface area contributed by atoms with Crippen LogP contribution in [0.25, 0.3) is 10.6 Å². The minimum atomic E-state index is -0.506. The van der Waals surface area contributed by atoms with Crippen LogP contribution < -0.4 is 16.8 Å². The monoisotopic (exact) mass is 233 g/mol. The molecule has 16 heavy (non-hydrogen) atoms. The molecule has 2 aromatic rings. The van der Waals surface area contributed by atoms with Gasteiger partial charge in [-0.15, -0.1) is 11.3 Å². The Morgan fingerprint density at radius 1 is 1.62 bits per heavy atom. The van der Waals surface area contributed by atoms with Crippen LogP contribution in [-0.4, -0.2) is 9.97 Å². The average Bonchev–Trinajstić information content (AvgIpc) is 2.81. The molecule has 0 aliphatic heterocycles. The van der Waals surface area contributed by atoms with Gasteiger partial charge in [0.15, 0.2) is 0 Å². The summed E-state index contributed by atoms with van der Waals surface area (Å²) in [5.41, 5.74) is 2.07. The Morgan fingerprint density at radius 2 is 2.44 bits per heavy atom. The largest absolute Gasteiger partial charge is 0.294 e. The molecular weight excluding hydrogens is 226 g/mol. The van der Waals surface area contributed by atoms with Crippen molar-refractivity contribution in [3.8, 4) is 16.6 Å². The van der Waals surface area contributed by atoms with E-state index >= 15 is 0 Å². The first-order valence-corrected chi connectivity index (χ1v) is 5.19. The van der Waals surface area contributed by atoms with Crippen molar-refractivity contribution in [2.45, 2.75) is 0 Å². The smallest absolute Gasteiger partial charge is 0.270 e. The lowest BCUT2D eigenvalue weighted by Crippen LogP contribution is -2.19. The van der Waals surface area contributed by atoms with Gasteiger partial charge in [-0.25, -0.2) is 10.8 Å². The summed E-state index contributed by atoms with van der Waals surface area (Å²) in [4.78, 5) is 18.7. The third kappa shape index (κ3) is 1.67. The molecule has 0 radical (unpaired) electrons. The van der Waals surface area contributed by atoms with Crippen molar-refractivity contribution < 1.29 is 0 Å². The van der Waals surface area contributed by atoms with E-state index in [-0.39, 0.29) is 11.5 Å². The molecule has 0 saturated carbocycles. The van der Waals surface area contributed by atoms with Gasteiger partial charge in [-0.2, -0.15) is 5.26 Å². The molecule has 0 aliphatic carbocycles.